The van der Waals surface area contributed by atoms with Crippen molar-refractivity contribution in [2.75, 3.05) is 0 Å². The summed E-state index contributed by atoms with van der Waals surface area (Å²) in [6, 6.07) is 2.14. The van der Waals surface area contributed by atoms with Gasteiger partial charge in [0.05, 0.1) is 5.69 Å². The highest BCUT2D eigenvalue weighted by Crippen LogP contribution is 2.17. The van der Waals surface area contributed by atoms with E-state index in [1.165, 1.54) is 0 Å². The van der Waals surface area contributed by atoms with Gasteiger partial charge in [0.25, 0.3) is 0 Å². The van der Waals surface area contributed by atoms with Crippen molar-refractivity contribution in [3.8, 4) is 6.07 Å². The molecular weight excluding hydrogens is 140 g/mol. The minimum Gasteiger partial charge on any atom is -0.307 e. The maximum absolute atomic E-state index is 8.73. The third-order valence-electron chi connectivity index (χ3n) is 1.93. The Morgan fingerprint density at radius 1 is 1.64 bits per heavy atom. The van der Waals surface area contributed by atoms with Crippen molar-refractivity contribution >= 4 is 0 Å². The van der Waals surface area contributed by atoms with Crippen molar-refractivity contribution in [1.82, 2.24) is 15.1 Å². The Balaban J connectivity index is 2.63. The molecule has 11 heavy (non-hydrogen) atoms. The van der Waals surface area contributed by atoms with Crippen LogP contribution in [0, 0.1) is 11.3 Å². The average Bonchev–Trinajstić information content (AvgIpc) is 2.46. The molecule has 1 aromatic heterocycles. The van der Waals surface area contributed by atoms with Gasteiger partial charge in [-0.15, -0.1) is 0 Å². The third kappa shape index (κ3) is 0.748. The van der Waals surface area contributed by atoms with Gasteiger partial charge in [-0.2, -0.15) is 10.4 Å². The summed E-state index contributed by atoms with van der Waals surface area (Å²) in [5.74, 6) is 0. The molecule has 0 radical (unpaired) electrons. The number of nitrogens with zero attached hydrogens (tertiary/aromatic N) is 3. The van der Waals surface area contributed by atoms with Crippen molar-refractivity contribution in [3.05, 3.63) is 17.0 Å². The van der Waals surface area contributed by atoms with Crippen LogP contribution in [0.25, 0.3) is 0 Å². The number of rotatable bonds is 0. The van der Waals surface area contributed by atoms with Gasteiger partial charge in [0.15, 0.2) is 0 Å². The molecule has 0 fully saturated rings. The first-order valence-corrected chi connectivity index (χ1v) is 3.48. The van der Waals surface area contributed by atoms with E-state index in [9.17, 15) is 0 Å². The van der Waals surface area contributed by atoms with E-state index in [1.807, 2.05) is 0 Å². The van der Waals surface area contributed by atoms with Crippen LogP contribution >= 0.6 is 0 Å². The van der Waals surface area contributed by atoms with E-state index in [-0.39, 0.29) is 0 Å². The summed E-state index contributed by atoms with van der Waals surface area (Å²) >= 11 is 0. The van der Waals surface area contributed by atoms with Gasteiger partial charge in [0, 0.05) is 25.7 Å². The minimum atomic E-state index is 0.685. The smallest absolute Gasteiger partial charge is 0.142 e. The van der Waals surface area contributed by atoms with E-state index >= 15 is 0 Å². The minimum absolute atomic E-state index is 0.685. The molecule has 0 saturated heterocycles. The molecule has 4 heteroatoms. The molecule has 0 aliphatic carbocycles. The zero-order valence-corrected chi connectivity index (χ0v) is 6.26. The quantitative estimate of drug-likeness (QED) is 0.558. The second-order valence-corrected chi connectivity index (χ2v) is 2.61. The molecule has 0 saturated carbocycles. The lowest BCUT2D eigenvalue weighted by molar-refractivity contribution is 0.681. The van der Waals surface area contributed by atoms with Gasteiger partial charge in [-0.05, 0) is 0 Å². The second-order valence-electron chi connectivity index (χ2n) is 2.61. The average molecular weight is 148 g/mol. The Morgan fingerprint density at radius 3 is 3.18 bits per heavy atom. The number of hydrogen-bond donors (Lipinski definition) is 1. The SMILES string of the molecule is Cn1nc2c(c1C#N)CNC2. The predicted octanol–water partition coefficient (Wildman–Crippen LogP) is -0.105. The van der Waals surface area contributed by atoms with Gasteiger partial charge >= 0.3 is 0 Å². The van der Waals surface area contributed by atoms with E-state index in [0.717, 1.165) is 24.3 Å². The maximum Gasteiger partial charge on any atom is 0.142 e. The van der Waals surface area contributed by atoms with Crippen LogP contribution in [0.15, 0.2) is 0 Å². The molecular formula is C7H8N4. The standard InChI is InChI=1S/C7H8N4/c1-11-7(2-8)5-3-9-4-6(5)10-11/h9H,3-4H2,1H3. The lowest BCUT2D eigenvalue weighted by atomic mass is 10.2. The molecule has 0 amide bonds. The summed E-state index contributed by atoms with van der Waals surface area (Å²) in [5.41, 5.74) is 2.77. The molecule has 0 spiro atoms. The number of nitrogens with one attached hydrogen (secondary N) is 1. The van der Waals surface area contributed by atoms with E-state index in [2.05, 4.69) is 16.5 Å². The summed E-state index contributed by atoms with van der Waals surface area (Å²) in [5, 5.41) is 16.1. The van der Waals surface area contributed by atoms with Crippen molar-refractivity contribution in [1.29, 1.82) is 5.26 Å². The molecule has 56 valence electrons. The van der Waals surface area contributed by atoms with Crippen LogP contribution in [0.5, 0.6) is 0 Å². The highest BCUT2D eigenvalue weighted by molar-refractivity contribution is 5.37. The zero-order valence-electron chi connectivity index (χ0n) is 6.26. The fraction of sp³-hybridized carbons (Fsp3) is 0.429. The van der Waals surface area contributed by atoms with E-state index in [4.69, 9.17) is 5.26 Å². The van der Waals surface area contributed by atoms with Crippen molar-refractivity contribution in [2.24, 2.45) is 7.05 Å². The summed E-state index contributed by atoms with van der Waals surface area (Å²) < 4.78 is 1.64. The Hall–Kier alpha value is -1.34. The molecule has 0 atom stereocenters. The van der Waals surface area contributed by atoms with Gasteiger partial charge in [0.1, 0.15) is 11.8 Å². The fourth-order valence-electron chi connectivity index (χ4n) is 1.40. The summed E-state index contributed by atoms with van der Waals surface area (Å²) in [6.45, 7) is 1.58. The van der Waals surface area contributed by atoms with Crippen molar-refractivity contribution < 1.29 is 0 Å². The summed E-state index contributed by atoms with van der Waals surface area (Å²) in [4.78, 5) is 0. The first-order valence-electron chi connectivity index (χ1n) is 3.48. The number of aryl methyl sites for hydroxylation is 1. The monoisotopic (exact) mass is 148 g/mol. The Morgan fingerprint density at radius 2 is 2.45 bits per heavy atom. The topological polar surface area (TPSA) is 53.6 Å². The molecule has 0 bridgehead atoms. The second kappa shape index (κ2) is 2.07. The molecule has 0 unspecified atom stereocenters. The van der Waals surface area contributed by atoms with Crippen molar-refractivity contribution in [2.45, 2.75) is 13.1 Å². The van der Waals surface area contributed by atoms with Crippen LogP contribution in [-0.4, -0.2) is 9.78 Å². The summed E-state index contributed by atoms with van der Waals surface area (Å²) in [6.07, 6.45) is 0. The Kier molecular flexibility index (Phi) is 1.20. The largest absolute Gasteiger partial charge is 0.307 e. The number of aromatic nitrogens is 2. The Labute approximate surface area is 64.4 Å². The van der Waals surface area contributed by atoms with Crippen LogP contribution in [0.1, 0.15) is 17.0 Å². The first-order chi connectivity index (χ1) is 5.33. The van der Waals surface area contributed by atoms with Gasteiger partial charge in [-0.1, -0.05) is 0 Å². The third-order valence-corrected chi connectivity index (χ3v) is 1.93. The van der Waals surface area contributed by atoms with Gasteiger partial charge in [0.2, 0.25) is 0 Å². The highest BCUT2D eigenvalue weighted by atomic mass is 15.3. The maximum atomic E-state index is 8.73. The predicted molar refractivity (Wildman–Crippen MR) is 38.5 cm³/mol. The van der Waals surface area contributed by atoms with Gasteiger partial charge in [-0.3, -0.25) is 4.68 Å². The van der Waals surface area contributed by atoms with E-state index < -0.39 is 0 Å². The highest BCUT2D eigenvalue weighted by Gasteiger charge is 2.19. The number of fused-ring (bicyclic) bond motifs is 1. The molecule has 2 rings (SSSR count). The molecule has 2 heterocycles. The van der Waals surface area contributed by atoms with Crippen LogP contribution in [0.3, 0.4) is 0 Å². The van der Waals surface area contributed by atoms with Crippen LogP contribution < -0.4 is 5.32 Å². The summed E-state index contributed by atoms with van der Waals surface area (Å²) in [7, 11) is 1.80. The molecule has 1 aliphatic rings. The lowest BCUT2D eigenvalue weighted by Gasteiger charge is -1.93. The van der Waals surface area contributed by atoms with Crippen LogP contribution in [0.4, 0.5) is 0 Å². The molecule has 1 N–H and O–H groups in total. The van der Waals surface area contributed by atoms with Gasteiger partial charge in [-0.25, -0.2) is 0 Å². The molecule has 1 aromatic rings. The zero-order chi connectivity index (χ0) is 7.84. The number of nitriles is 1. The molecule has 1 aliphatic heterocycles. The van der Waals surface area contributed by atoms with Crippen LogP contribution in [-0.2, 0) is 20.1 Å². The lowest BCUT2D eigenvalue weighted by Crippen LogP contribution is -2.06. The van der Waals surface area contributed by atoms with E-state index in [1.54, 1.807) is 11.7 Å². The Bertz CT molecular complexity index is 331. The van der Waals surface area contributed by atoms with Gasteiger partial charge < -0.3 is 5.32 Å². The molecule has 4 nitrogen and oxygen atoms in total. The first kappa shape index (κ1) is 6.38. The van der Waals surface area contributed by atoms with Crippen molar-refractivity contribution in [3.63, 3.8) is 0 Å². The normalized spacial score (nSPS) is 14.5. The van der Waals surface area contributed by atoms with E-state index in [0.29, 0.717) is 5.69 Å². The fourth-order valence-corrected chi connectivity index (χ4v) is 1.40. The number of hydrogen-bond acceptors (Lipinski definition) is 3. The van der Waals surface area contributed by atoms with Crippen LogP contribution in [0.2, 0.25) is 0 Å². The molecule has 0 aromatic carbocycles.